The summed E-state index contributed by atoms with van der Waals surface area (Å²) < 4.78 is 5.39. The van der Waals surface area contributed by atoms with Crippen LogP contribution in [0, 0.1) is 0 Å². The molecule has 1 unspecified atom stereocenters. The standard InChI is InChI=1S/C12H16N4O/c13-12(16-11-6-1-3-7-14-11)15-9-10-5-2-4-8-17-10/h1,3-4,6-8,10H,2,5,9H2,(H3,13,14,15,16). The molecule has 0 aromatic carbocycles. The molecule has 1 aliphatic heterocycles. The fraction of sp³-hybridized carbons (Fsp3) is 0.333. The number of rotatable bonds is 3. The van der Waals surface area contributed by atoms with Crippen LogP contribution in [0.2, 0.25) is 0 Å². The fourth-order valence-electron chi connectivity index (χ4n) is 1.53. The molecule has 0 saturated carbocycles. The molecule has 2 rings (SSSR count). The van der Waals surface area contributed by atoms with Crippen molar-refractivity contribution >= 4 is 11.8 Å². The van der Waals surface area contributed by atoms with Crippen LogP contribution in [0.5, 0.6) is 0 Å². The minimum absolute atomic E-state index is 0.129. The molecule has 17 heavy (non-hydrogen) atoms. The number of aromatic nitrogens is 1. The quantitative estimate of drug-likeness (QED) is 0.612. The minimum Gasteiger partial charge on any atom is -0.496 e. The minimum atomic E-state index is 0.129. The van der Waals surface area contributed by atoms with Crippen LogP contribution in [-0.4, -0.2) is 23.6 Å². The van der Waals surface area contributed by atoms with Crippen LogP contribution in [0.4, 0.5) is 5.82 Å². The Morgan fingerprint density at radius 2 is 2.53 bits per heavy atom. The number of pyridine rings is 1. The zero-order valence-corrected chi connectivity index (χ0v) is 9.54. The van der Waals surface area contributed by atoms with Gasteiger partial charge in [0.05, 0.1) is 12.8 Å². The SMILES string of the molecule is NC(=NCC1CCC=CO1)Nc1ccccn1. The number of anilines is 1. The van der Waals surface area contributed by atoms with Gasteiger partial charge in [-0.15, -0.1) is 0 Å². The summed E-state index contributed by atoms with van der Waals surface area (Å²) in [4.78, 5) is 8.33. The summed E-state index contributed by atoms with van der Waals surface area (Å²) in [5.74, 6) is 1.06. The number of aliphatic imine (C=N–C) groups is 1. The van der Waals surface area contributed by atoms with Gasteiger partial charge < -0.3 is 15.8 Å². The topological polar surface area (TPSA) is 72.5 Å². The second-order valence-electron chi connectivity index (χ2n) is 3.77. The van der Waals surface area contributed by atoms with Gasteiger partial charge in [0.25, 0.3) is 0 Å². The highest BCUT2D eigenvalue weighted by molar-refractivity contribution is 5.91. The molecule has 0 bridgehead atoms. The number of nitrogens with two attached hydrogens (primary N) is 1. The Morgan fingerprint density at radius 1 is 1.59 bits per heavy atom. The number of ether oxygens (including phenoxy) is 1. The van der Waals surface area contributed by atoms with Gasteiger partial charge in [0.1, 0.15) is 11.9 Å². The van der Waals surface area contributed by atoms with E-state index >= 15 is 0 Å². The first kappa shape index (κ1) is 11.4. The van der Waals surface area contributed by atoms with E-state index in [1.807, 2.05) is 24.3 Å². The highest BCUT2D eigenvalue weighted by Crippen LogP contribution is 2.10. The third kappa shape index (κ3) is 3.79. The molecule has 2 heterocycles. The third-order valence-corrected chi connectivity index (χ3v) is 2.41. The molecule has 0 aliphatic carbocycles. The van der Waals surface area contributed by atoms with Gasteiger partial charge in [-0.2, -0.15) is 0 Å². The number of nitrogens with zero attached hydrogens (tertiary/aromatic N) is 2. The van der Waals surface area contributed by atoms with E-state index in [9.17, 15) is 0 Å². The summed E-state index contributed by atoms with van der Waals surface area (Å²) in [6.07, 6.45) is 7.58. The fourth-order valence-corrected chi connectivity index (χ4v) is 1.53. The van der Waals surface area contributed by atoms with Crippen molar-refractivity contribution in [1.29, 1.82) is 0 Å². The first-order chi connectivity index (χ1) is 8.34. The molecule has 90 valence electrons. The Hall–Kier alpha value is -2.04. The van der Waals surface area contributed by atoms with Gasteiger partial charge in [0.15, 0.2) is 5.96 Å². The summed E-state index contributed by atoms with van der Waals surface area (Å²) >= 11 is 0. The van der Waals surface area contributed by atoms with Crippen molar-refractivity contribution in [1.82, 2.24) is 4.98 Å². The second-order valence-corrected chi connectivity index (χ2v) is 3.77. The molecule has 1 aromatic heterocycles. The maximum atomic E-state index is 5.75. The lowest BCUT2D eigenvalue weighted by molar-refractivity contribution is 0.131. The normalized spacial score (nSPS) is 19.8. The number of allylic oxidation sites excluding steroid dienone is 1. The Kier molecular flexibility index (Phi) is 3.96. The van der Waals surface area contributed by atoms with Crippen LogP contribution >= 0.6 is 0 Å². The summed E-state index contributed by atoms with van der Waals surface area (Å²) in [5, 5.41) is 2.92. The van der Waals surface area contributed by atoms with E-state index in [-0.39, 0.29) is 6.10 Å². The molecule has 5 heteroatoms. The van der Waals surface area contributed by atoms with Gasteiger partial charge in [-0.25, -0.2) is 9.98 Å². The highest BCUT2D eigenvalue weighted by atomic mass is 16.5. The maximum absolute atomic E-state index is 5.75. The lowest BCUT2D eigenvalue weighted by Crippen LogP contribution is -2.26. The lowest BCUT2D eigenvalue weighted by Gasteiger charge is -2.17. The van der Waals surface area contributed by atoms with Crippen LogP contribution in [-0.2, 0) is 4.74 Å². The van der Waals surface area contributed by atoms with Crippen molar-refractivity contribution < 1.29 is 4.74 Å². The molecular weight excluding hydrogens is 216 g/mol. The van der Waals surface area contributed by atoms with Gasteiger partial charge in [-0.1, -0.05) is 6.07 Å². The number of hydrogen-bond donors (Lipinski definition) is 2. The van der Waals surface area contributed by atoms with Crippen molar-refractivity contribution in [3.63, 3.8) is 0 Å². The average Bonchev–Trinajstić information content (AvgIpc) is 2.39. The molecule has 1 aromatic rings. The highest BCUT2D eigenvalue weighted by Gasteiger charge is 2.09. The summed E-state index contributed by atoms with van der Waals surface area (Å²) in [5.41, 5.74) is 5.75. The van der Waals surface area contributed by atoms with E-state index in [1.165, 1.54) is 0 Å². The number of hydrogen-bond acceptors (Lipinski definition) is 3. The molecule has 0 amide bonds. The smallest absolute Gasteiger partial charge is 0.194 e. The zero-order chi connectivity index (χ0) is 11.9. The average molecular weight is 232 g/mol. The van der Waals surface area contributed by atoms with Crippen LogP contribution in [0.15, 0.2) is 41.7 Å². The van der Waals surface area contributed by atoms with E-state index in [2.05, 4.69) is 15.3 Å². The predicted octanol–water partition coefficient (Wildman–Crippen LogP) is 1.50. The van der Waals surface area contributed by atoms with E-state index in [4.69, 9.17) is 10.5 Å². The first-order valence-corrected chi connectivity index (χ1v) is 5.63. The first-order valence-electron chi connectivity index (χ1n) is 5.63. The monoisotopic (exact) mass is 232 g/mol. The van der Waals surface area contributed by atoms with E-state index in [0.29, 0.717) is 18.3 Å². The molecule has 0 saturated heterocycles. The van der Waals surface area contributed by atoms with Gasteiger partial charge in [-0.05, 0) is 31.1 Å². The van der Waals surface area contributed by atoms with Crippen LogP contribution in [0.3, 0.4) is 0 Å². The number of guanidine groups is 1. The number of nitrogens with one attached hydrogen (secondary N) is 1. The predicted molar refractivity (Wildman–Crippen MR) is 67.6 cm³/mol. The molecule has 0 fully saturated rings. The van der Waals surface area contributed by atoms with Crippen molar-refractivity contribution in [2.45, 2.75) is 18.9 Å². The molecule has 1 atom stereocenters. The van der Waals surface area contributed by atoms with Gasteiger partial charge in [0, 0.05) is 6.20 Å². The van der Waals surface area contributed by atoms with Gasteiger partial charge in [0.2, 0.25) is 0 Å². The summed E-state index contributed by atoms with van der Waals surface area (Å²) in [6.45, 7) is 0.565. The Labute approximate surface area is 100 Å². The third-order valence-electron chi connectivity index (χ3n) is 2.41. The van der Waals surface area contributed by atoms with Crippen molar-refractivity contribution in [3.05, 3.63) is 36.7 Å². The van der Waals surface area contributed by atoms with Gasteiger partial charge in [-0.3, -0.25) is 0 Å². The molecular formula is C12H16N4O. The molecule has 3 N–H and O–H groups in total. The lowest BCUT2D eigenvalue weighted by atomic mass is 10.2. The second kappa shape index (κ2) is 5.89. The van der Waals surface area contributed by atoms with Crippen LogP contribution < -0.4 is 11.1 Å². The van der Waals surface area contributed by atoms with E-state index < -0.39 is 0 Å². The van der Waals surface area contributed by atoms with Crippen LogP contribution in [0.1, 0.15) is 12.8 Å². The van der Waals surface area contributed by atoms with E-state index in [1.54, 1.807) is 12.5 Å². The van der Waals surface area contributed by atoms with Gasteiger partial charge >= 0.3 is 0 Å². The van der Waals surface area contributed by atoms with Crippen molar-refractivity contribution in [2.24, 2.45) is 10.7 Å². The molecule has 1 aliphatic rings. The molecule has 0 radical (unpaired) electrons. The van der Waals surface area contributed by atoms with Crippen LogP contribution in [0.25, 0.3) is 0 Å². The van der Waals surface area contributed by atoms with E-state index in [0.717, 1.165) is 12.8 Å². The summed E-state index contributed by atoms with van der Waals surface area (Å²) in [6, 6.07) is 5.57. The maximum Gasteiger partial charge on any atom is 0.194 e. The largest absolute Gasteiger partial charge is 0.496 e. The van der Waals surface area contributed by atoms with Crippen molar-refractivity contribution in [2.75, 3.05) is 11.9 Å². The summed E-state index contributed by atoms with van der Waals surface area (Å²) in [7, 11) is 0. The van der Waals surface area contributed by atoms with Crippen molar-refractivity contribution in [3.8, 4) is 0 Å². The Bertz CT molecular complexity index is 402. The Balaban J connectivity index is 1.83. The molecule has 0 spiro atoms. The Morgan fingerprint density at radius 3 is 3.24 bits per heavy atom. The molecule has 5 nitrogen and oxygen atoms in total. The zero-order valence-electron chi connectivity index (χ0n) is 9.54.